The van der Waals surface area contributed by atoms with Gasteiger partial charge in [0.25, 0.3) is 0 Å². The fraction of sp³-hybridized carbons (Fsp3) is 0.500. The van der Waals surface area contributed by atoms with Gasteiger partial charge in [-0.25, -0.2) is 0 Å². The molecule has 116 valence electrons. The van der Waals surface area contributed by atoms with Crippen LogP contribution in [0.3, 0.4) is 0 Å². The summed E-state index contributed by atoms with van der Waals surface area (Å²) in [6.07, 6.45) is -1.64. The van der Waals surface area contributed by atoms with Crippen LogP contribution >= 0.6 is 0 Å². The van der Waals surface area contributed by atoms with Crippen LogP contribution in [0.2, 0.25) is 0 Å². The van der Waals surface area contributed by atoms with E-state index in [0.29, 0.717) is 6.61 Å². The van der Waals surface area contributed by atoms with Crippen molar-refractivity contribution in [1.82, 2.24) is 0 Å². The number of hydrogen-bond acceptors (Lipinski definition) is 3. The molecule has 0 bridgehead atoms. The fourth-order valence-electron chi connectivity index (χ4n) is 2.21. The summed E-state index contributed by atoms with van der Waals surface area (Å²) in [4.78, 5) is 0. The molecule has 2 rings (SSSR count). The third kappa shape index (κ3) is 4.10. The molecule has 1 aliphatic rings. The van der Waals surface area contributed by atoms with Gasteiger partial charge in [0.15, 0.2) is 0 Å². The lowest BCUT2D eigenvalue weighted by Crippen LogP contribution is -2.26. The van der Waals surface area contributed by atoms with Crippen LogP contribution in [0.25, 0.3) is 0 Å². The Kier molecular flexibility index (Phi) is 4.72. The minimum absolute atomic E-state index is 0.0400. The Bertz CT molecular complexity index is 511. The predicted octanol–water partition coefficient (Wildman–Crippen LogP) is 2.94. The number of amidine groups is 1. The first-order valence-corrected chi connectivity index (χ1v) is 6.68. The number of nitrogen functional groups attached to an aromatic ring is 1. The zero-order valence-electron chi connectivity index (χ0n) is 11.4. The van der Waals surface area contributed by atoms with Gasteiger partial charge in [0.2, 0.25) is 0 Å². The largest absolute Gasteiger partial charge is 0.491 e. The van der Waals surface area contributed by atoms with E-state index >= 15 is 0 Å². The average Bonchev–Trinajstić information content (AvgIpc) is 2.45. The Morgan fingerprint density at radius 1 is 1.38 bits per heavy atom. The van der Waals surface area contributed by atoms with E-state index in [9.17, 15) is 13.2 Å². The number of nitrogens with two attached hydrogens (primary N) is 1. The van der Waals surface area contributed by atoms with Gasteiger partial charge in [-0.2, -0.15) is 13.2 Å². The van der Waals surface area contributed by atoms with Crippen molar-refractivity contribution in [3.8, 4) is 5.75 Å². The molecule has 3 N–H and O–H groups in total. The van der Waals surface area contributed by atoms with E-state index in [2.05, 4.69) is 0 Å². The Balaban J connectivity index is 2.10. The molecule has 1 aromatic rings. The molecule has 1 aliphatic heterocycles. The molecule has 1 saturated heterocycles. The molecule has 1 heterocycles. The molecule has 0 spiro atoms. The summed E-state index contributed by atoms with van der Waals surface area (Å²) < 4.78 is 49.4. The summed E-state index contributed by atoms with van der Waals surface area (Å²) in [7, 11) is 0. The molecule has 0 aliphatic carbocycles. The van der Waals surface area contributed by atoms with Crippen molar-refractivity contribution in [3.63, 3.8) is 0 Å². The van der Waals surface area contributed by atoms with Crippen molar-refractivity contribution in [2.75, 3.05) is 13.2 Å². The molecule has 0 saturated carbocycles. The number of ether oxygens (including phenoxy) is 2. The summed E-state index contributed by atoms with van der Waals surface area (Å²) >= 11 is 0. The number of alkyl halides is 3. The molecule has 1 unspecified atom stereocenters. The number of nitrogens with one attached hydrogen (secondary N) is 1. The van der Waals surface area contributed by atoms with Crippen LogP contribution in [-0.4, -0.2) is 25.2 Å². The maximum Gasteiger partial charge on any atom is 0.417 e. The summed E-state index contributed by atoms with van der Waals surface area (Å²) in [5.74, 6) is -0.385. The van der Waals surface area contributed by atoms with Gasteiger partial charge in [-0.15, -0.1) is 0 Å². The Morgan fingerprint density at radius 2 is 2.14 bits per heavy atom. The predicted molar refractivity (Wildman–Crippen MR) is 71.5 cm³/mol. The van der Waals surface area contributed by atoms with Crippen LogP contribution in [0.1, 0.15) is 30.4 Å². The highest BCUT2D eigenvalue weighted by Gasteiger charge is 2.34. The summed E-state index contributed by atoms with van der Waals surface area (Å²) in [6.45, 7) is 0.961. The second kappa shape index (κ2) is 6.34. The van der Waals surface area contributed by atoms with E-state index in [0.717, 1.165) is 31.4 Å². The second-order valence-electron chi connectivity index (χ2n) is 4.92. The molecule has 4 nitrogen and oxygen atoms in total. The first-order valence-electron chi connectivity index (χ1n) is 6.68. The molecule has 0 aromatic heterocycles. The monoisotopic (exact) mass is 302 g/mol. The Labute approximate surface area is 120 Å². The standard InChI is InChI=1S/C14H17F3N2O2/c15-14(16,17)12-5-4-9(7-11(12)13(18)19)21-8-10-3-1-2-6-20-10/h4-5,7,10H,1-3,6,8H2,(H3,18,19). The summed E-state index contributed by atoms with van der Waals surface area (Å²) in [6, 6.07) is 3.26. The van der Waals surface area contributed by atoms with Crippen molar-refractivity contribution >= 4 is 5.84 Å². The Morgan fingerprint density at radius 3 is 2.71 bits per heavy atom. The molecule has 7 heteroatoms. The van der Waals surface area contributed by atoms with Crippen molar-refractivity contribution in [2.24, 2.45) is 5.73 Å². The second-order valence-corrected chi connectivity index (χ2v) is 4.92. The number of rotatable bonds is 4. The van der Waals surface area contributed by atoms with E-state index in [1.165, 1.54) is 6.07 Å². The van der Waals surface area contributed by atoms with Gasteiger partial charge in [-0.3, -0.25) is 5.41 Å². The van der Waals surface area contributed by atoms with Crippen molar-refractivity contribution in [2.45, 2.75) is 31.5 Å². The quantitative estimate of drug-likeness (QED) is 0.663. The zero-order chi connectivity index (χ0) is 15.5. The van der Waals surface area contributed by atoms with E-state index in [1.54, 1.807) is 0 Å². The van der Waals surface area contributed by atoms with Crippen molar-refractivity contribution < 1.29 is 22.6 Å². The molecular weight excluding hydrogens is 285 g/mol. The van der Waals surface area contributed by atoms with Crippen LogP contribution in [0.5, 0.6) is 5.75 Å². The number of benzene rings is 1. The first-order chi connectivity index (χ1) is 9.88. The van der Waals surface area contributed by atoms with E-state index in [4.69, 9.17) is 20.6 Å². The first kappa shape index (κ1) is 15.6. The lowest BCUT2D eigenvalue weighted by Gasteiger charge is -2.23. The van der Waals surface area contributed by atoms with Crippen molar-refractivity contribution in [1.29, 1.82) is 5.41 Å². The zero-order valence-corrected chi connectivity index (χ0v) is 11.4. The number of halogens is 3. The SMILES string of the molecule is N=C(N)c1cc(OCC2CCCCO2)ccc1C(F)(F)F. The molecular formula is C14H17F3N2O2. The third-order valence-electron chi connectivity index (χ3n) is 3.30. The van der Waals surface area contributed by atoms with E-state index < -0.39 is 17.6 Å². The minimum atomic E-state index is -4.55. The van der Waals surface area contributed by atoms with Gasteiger partial charge in [0.1, 0.15) is 18.2 Å². The maximum atomic E-state index is 12.8. The van der Waals surface area contributed by atoms with Crippen LogP contribution in [0, 0.1) is 5.41 Å². The van der Waals surface area contributed by atoms with Gasteiger partial charge in [0, 0.05) is 12.2 Å². The molecule has 21 heavy (non-hydrogen) atoms. The van der Waals surface area contributed by atoms with Gasteiger partial charge < -0.3 is 15.2 Å². The number of hydrogen-bond donors (Lipinski definition) is 2. The minimum Gasteiger partial charge on any atom is -0.491 e. The highest BCUT2D eigenvalue weighted by Crippen LogP contribution is 2.33. The van der Waals surface area contributed by atoms with Crippen LogP contribution < -0.4 is 10.5 Å². The van der Waals surface area contributed by atoms with Gasteiger partial charge in [-0.1, -0.05) is 0 Å². The summed E-state index contributed by atoms with van der Waals surface area (Å²) in [5, 5.41) is 7.28. The molecule has 1 fully saturated rings. The van der Waals surface area contributed by atoms with Crippen molar-refractivity contribution in [3.05, 3.63) is 29.3 Å². The highest BCUT2D eigenvalue weighted by molar-refractivity contribution is 5.97. The lowest BCUT2D eigenvalue weighted by molar-refractivity contribution is -0.137. The van der Waals surface area contributed by atoms with Gasteiger partial charge in [0.05, 0.1) is 11.7 Å². The fourth-order valence-corrected chi connectivity index (χ4v) is 2.21. The normalized spacial score (nSPS) is 19.3. The molecule has 0 amide bonds. The van der Waals surface area contributed by atoms with E-state index in [1.807, 2.05) is 0 Å². The van der Waals surface area contributed by atoms with E-state index in [-0.39, 0.29) is 24.0 Å². The highest BCUT2D eigenvalue weighted by atomic mass is 19.4. The molecule has 1 aromatic carbocycles. The topological polar surface area (TPSA) is 68.3 Å². The Hall–Kier alpha value is -1.76. The molecule has 0 radical (unpaired) electrons. The third-order valence-corrected chi connectivity index (χ3v) is 3.30. The van der Waals surface area contributed by atoms with Gasteiger partial charge >= 0.3 is 6.18 Å². The summed E-state index contributed by atoms with van der Waals surface area (Å²) in [5.41, 5.74) is 3.92. The van der Waals surface area contributed by atoms with Crippen LogP contribution in [-0.2, 0) is 10.9 Å². The lowest BCUT2D eigenvalue weighted by atomic mass is 10.1. The molecule has 1 atom stereocenters. The average molecular weight is 302 g/mol. The van der Waals surface area contributed by atoms with Crippen LogP contribution in [0.15, 0.2) is 18.2 Å². The smallest absolute Gasteiger partial charge is 0.417 e. The van der Waals surface area contributed by atoms with Gasteiger partial charge in [-0.05, 0) is 37.5 Å². The van der Waals surface area contributed by atoms with Crippen LogP contribution in [0.4, 0.5) is 13.2 Å². The maximum absolute atomic E-state index is 12.8.